The van der Waals surface area contributed by atoms with Gasteiger partial charge in [-0.25, -0.2) is 0 Å². The first-order valence-corrected chi connectivity index (χ1v) is 9.94. The largest absolute Gasteiger partial charge is 0.462 e. The fourth-order valence-electron chi connectivity index (χ4n) is 1.98. The zero-order valence-corrected chi connectivity index (χ0v) is 13.7. The second kappa shape index (κ2) is 5.74. The number of ether oxygens (including phenoxy) is 1. The van der Waals surface area contributed by atoms with Crippen molar-refractivity contribution < 1.29 is 14.0 Å². The van der Waals surface area contributed by atoms with E-state index in [2.05, 4.69) is 33.9 Å². The quantitative estimate of drug-likeness (QED) is 0.575. The molecule has 2 unspecified atom stereocenters. The van der Waals surface area contributed by atoms with Crippen LogP contribution in [-0.4, -0.2) is 26.5 Å². The van der Waals surface area contributed by atoms with E-state index in [1.165, 1.54) is 0 Å². The molecular formula is C14H28O3Si. The normalized spacial score (nSPS) is 25.2. The highest BCUT2D eigenvalue weighted by Gasteiger charge is 2.41. The van der Waals surface area contributed by atoms with Crippen LogP contribution in [-0.2, 0) is 14.0 Å². The Bertz CT molecular complexity index is 294. The molecule has 0 saturated heterocycles. The maximum absolute atomic E-state index is 11.3. The zero-order valence-electron chi connectivity index (χ0n) is 12.7. The summed E-state index contributed by atoms with van der Waals surface area (Å²) in [6.45, 7) is 13.1. The van der Waals surface area contributed by atoms with Gasteiger partial charge in [0.15, 0.2) is 8.32 Å². The van der Waals surface area contributed by atoms with Gasteiger partial charge in [-0.05, 0) is 31.0 Å². The molecule has 0 aromatic carbocycles. The van der Waals surface area contributed by atoms with E-state index in [-0.39, 0.29) is 23.2 Å². The van der Waals surface area contributed by atoms with Gasteiger partial charge in [0.05, 0.1) is 0 Å². The summed E-state index contributed by atoms with van der Waals surface area (Å²) in [5.41, 5.74) is 0. The molecule has 0 bridgehead atoms. The molecule has 4 heteroatoms. The van der Waals surface area contributed by atoms with Crippen LogP contribution < -0.4 is 0 Å². The Morgan fingerprint density at radius 2 is 1.78 bits per heavy atom. The maximum atomic E-state index is 11.3. The number of hydrogen-bond donors (Lipinski definition) is 0. The summed E-state index contributed by atoms with van der Waals surface area (Å²) in [5.74, 6) is -0.0898. The van der Waals surface area contributed by atoms with Gasteiger partial charge >= 0.3 is 5.97 Å². The molecule has 0 aromatic rings. The van der Waals surface area contributed by atoms with E-state index in [0.717, 1.165) is 19.3 Å². The van der Waals surface area contributed by atoms with Gasteiger partial charge in [0, 0.05) is 18.9 Å². The minimum absolute atomic E-state index is 0.0761. The molecular weight excluding hydrogens is 244 g/mol. The second-order valence-corrected chi connectivity index (χ2v) is 11.5. The summed E-state index contributed by atoms with van der Waals surface area (Å²) in [7, 11) is -1.69. The fourth-order valence-corrected chi connectivity index (χ4v) is 3.38. The first-order valence-electron chi connectivity index (χ1n) is 7.03. The highest BCUT2D eigenvalue weighted by atomic mass is 28.4. The Kier molecular flexibility index (Phi) is 5.01. The molecule has 2 atom stereocenters. The van der Waals surface area contributed by atoms with Gasteiger partial charge in [-0.2, -0.15) is 0 Å². The highest BCUT2D eigenvalue weighted by molar-refractivity contribution is 6.74. The van der Waals surface area contributed by atoms with Crippen LogP contribution in [0.1, 0.15) is 53.4 Å². The van der Waals surface area contributed by atoms with Gasteiger partial charge in [-0.15, -0.1) is 0 Å². The Morgan fingerprint density at radius 1 is 1.22 bits per heavy atom. The molecule has 0 radical (unpaired) electrons. The van der Waals surface area contributed by atoms with E-state index in [9.17, 15) is 4.79 Å². The van der Waals surface area contributed by atoms with Crippen LogP contribution in [0.5, 0.6) is 0 Å². The maximum Gasteiger partial charge on any atom is 0.305 e. The molecule has 1 rings (SSSR count). The lowest BCUT2D eigenvalue weighted by atomic mass is 10.2. The lowest BCUT2D eigenvalue weighted by Gasteiger charge is -2.38. The average molecular weight is 272 g/mol. The molecule has 18 heavy (non-hydrogen) atoms. The third-order valence-electron chi connectivity index (χ3n) is 4.19. The minimum atomic E-state index is -1.69. The molecule has 0 N–H and O–H groups in total. The summed E-state index contributed by atoms with van der Waals surface area (Å²) in [5, 5.41) is 0.241. The average Bonchev–Trinajstić information content (AvgIpc) is 2.62. The summed E-state index contributed by atoms with van der Waals surface area (Å²) < 4.78 is 11.7. The van der Waals surface area contributed by atoms with Gasteiger partial charge in [-0.1, -0.05) is 27.7 Å². The van der Waals surface area contributed by atoms with Crippen LogP contribution >= 0.6 is 0 Å². The first kappa shape index (κ1) is 15.7. The topological polar surface area (TPSA) is 35.5 Å². The summed E-state index contributed by atoms with van der Waals surface area (Å²) in [6, 6.07) is 0. The number of carbonyl (C=O) groups excluding carboxylic acids is 1. The molecule has 1 saturated carbocycles. The smallest absolute Gasteiger partial charge is 0.305 e. The van der Waals surface area contributed by atoms with E-state index in [1.54, 1.807) is 0 Å². The molecule has 0 amide bonds. The molecule has 3 nitrogen and oxygen atoms in total. The van der Waals surface area contributed by atoms with Crippen molar-refractivity contribution >= 4 is 14.3 Å². The van der Waals surface area contributed by atoms with Gasteiger partial charge in [0.1, 0.15) is 6.10 Å². The summed E-state index contributed by atoms with van der Waals surface area (Å²) >= 11 is 0. The Hall–Kier alpha value is -0.353. The van der Waals surface area contributed by atoms with Gasteiger partial charge in [0.2, 0.25) is 0 Å². The van der Waals surface area contributed by atoms with Crippen molar-refractivity contribution in [1.29, 1.82) is 0 Å². The molecule has 1 aliphatic rings. The van der Waals surface area contributed by atoms with Crippen molar-refractivity contribution in [3.8, 4) is 0 Å². The highest BCUT2D eigenvalue weighted by Crippen LogP contribution is 2.39. The number of carbonyl (C=O) groups is 1. The lowest BCUT2D eigenvalue weighted by Crippen LogP contribution is -2.43. The van der Waals surface area contributed by atoms with Crippen molar-refractivity contribution in [3.05, 3.63) is 0 Å². The standard InChI is InChI=1S/C14H28O3Si/c1-7-13(15)16-11-8-9-12(10-11)17-18(5,6)14(2,3)4/h11-12H,7-10H2,1-6H3. The van der Waals surface area contributed by atoms with Crippen molar-refractivity contribution in [1.82, 2.24) is 0 Å². The summed E-state index contributed by atoms with van der Waals surface area (Å²) in [6.07, 6.45) is 3.66. The number of esters is 1. The van der Waals surface area contributed by atoms with E-state index < -0.39 is 8.32 Å². The third-order valence-corrected chi connectivity index (χ3v) is 8.73. The third kappa shape index (κ3) is 4.09. The molecule has 106 valence electrons. The zero-order chi connectivity index (χ0) is 14.0. The van der Waals surface area contributed by atoms with E-state index in [1.807, 2.05) is 6.92 Å². The van der Waals surface area contributed by atoms with Crippen LogP contribution in [0.15, 0.2) is 0 Å². The molecule has 0 aliphatic heterocycles. The van der Waals surface area contributed by atoms with E-state index >= 15 is 0 Å². The molecule has 0 aromatic heterocycles. The lowest BCUT2D eigenvalue weighted by molar-refractivity contribution is -0.148. The Labute approximate surface area is 112 Å². The molecule has 1 fully saturated rings. The number of hydrogen-bond acceptors (Lipinski definition) is 3. The predicted molar refractivity (Wildman–Crippen MR) is 76.1 cm³/mol. The fraction of sp³-hybridized carbons (Fsp3) is 0.929. The molecule has 0 spiro atoms. The van der Waals surface area contributed by atoms with Crippen molar-refractivity contribution in [2.45, 2.75) is 83.7 Å². The SMILES string of the molecule is CCC(=O)OC1CCC(O[Si](C)(C)C(C)(C)C)C1. The van der Waals surface area contributed by atoms with Crippen LogP contribution in [0.25, 0.3) is 0 Å². The number of rotatable bonds is 4. The van der Waals surface area contributed by atoms with Crippen LogP contribution in [0, 0.1) is 0 Å². The van der Waals surface area contributed by atoms with E-state index in [0.29, 0.717) is 6.42 Å². The Morgan fingerprint density at radius 3 is 2.28 bits per heavy atom. The predicted octanol–water partition coefficient (Wildman–Crippen LogP) is 3.88. The van der Waals surface area contributed by atoms with Crippen LogP contribution in [0.4, 0.5) is 0 Å². The first-order chi connectivity index (χ1) is 8.15. The molecule has 1 aliphatic carbocycles. The van der Waals surface area contributed by atoms with Gasteiger partial charge in [-0.3, -0.25) is 4.79 Å². The van der Waals surface area contributed by atoms with Crippen LogP contribution in [0.2, 0.25) is 18.1 Å². The van der Waals surface area contributed by atoms with Gasteiger partial charge in [0.25, 0.3) is 0 Å². The molecule has 0 heterocycles. The summed E-state index contributed by atoms with van der Waals surface area (Å²) in [4.78, 5) is 11.3. The monoisotopic (exact) mass is 272 g/mol. The Balaban J connectivity index is 2.46. The van der Waals surface area contributed by atoms with E-state index in [4.69, 9.17) is 9.16 Å². The second-order valence-electron chi connectivity index (χ2n) is 6.78. The van der Waals surface area contributed by atoms with Crippen molar-refractivity contribution in [2.24, 2.45) is 0 Å². The van der Waals surface area contributed by atoms with Crippen LogP contribution in [0.3, 0.4) is 0 Å². The van der Waals surface area contributed by atoms with Gasteiger partial charge < -0.3 is 9.16 Å². The minimum Gasteiger partial charge on any atom is -0.462 e. The van der Waals surface area contributed by atoms with Crippen molar-refractivity contribution in [3.63, 3.8) is 0 Å². The van der Waals surface area contributed by atoms with Crippen molar-refractivity contribution in [2.75, 3.05) is 0 Å².